The molecule has 2 heterocycles. The van der Waals surface area contributed by atoms with E-state index in [-0.39, 0.29) is 11.6 Å². The van der Waals surface area contributed by atoms with Crippen LogP contribution >= 0.6 is 11.5 Å². The van der Waals surface area contributed by atoms with Crippen molar-refractivity contribution in [1.82, 2.24) is 4.37 Å². The van der Waals surface area contributed by atoms with Gasteiger partial charge in [0.2, 0.25) is 0 Å². The molecular weight excluding hydrogens is 184 g/mol. The predicted octanol–water partition coefficient (Wildman–Crippen LogP) is 1.71. The smallest absolute Gasteiger partial charge is 0.0847 e. The maximum Gasteiger partial charge on any atom is 0.0847 e. The lowest BCUT2D eigenvalue weighted by molar-refractivity contribution is -0.00168. The molecule has 2 unspecified atom stereocenters. The summed E-state index contributed by atoms with van der Waals surface area (Å²) in [6, 6.07) is -0.0336. The van der Waals surface area contributed by atoms with Crippen molar-refractivity contribution in [3.05, 3.63) is 17.1 Å². The minimum Gasteiger partial charge on any atom is -0.373 e. The Bertz CT molecular complexity index is 267. The summed E-state index contributed by atoms with van der Waals surface area (Å²) in [4.78, 5) is 0. The van der Waals surface area contributed by atoms with Crippen molar-refractivity contribution in [2.45, 2.75) is 31.4 Å². The fourth-order valence-corrected chi connectivity index (χ4v) is 2.34. The van der Waals surface area contributed by atoms with Gasteiger partial charge in [0.05, 0.1) is 11.6 Å². The number of aromatic nitrogens is 1. The van der Waals surface area contributed by atoms with Gasteiger partial charge in [-0.15, -0.1) is 0 Å². The molecule has 1 aliphatic heterocycles. The minimum absolute atomic E-state index is 0.0336. The molecule has 2 atom stereocenters. The van der Waals surface area contributed by atoms with Crippen LogP contribution < -0.4 is 5.73 Å². The highest BCUT2D eigenvalue weighted by Gasteiger charge is 2.37. The van der Waals surface area contributed by atoms with E-state index in [0.717, 1.165) is 25.0 Å². The van der Waals surface area contributed by atoms with Gasteiger partial charge in [0.15, 0.2) is 0 Å². The monoisotopic (exact) mass is 198 g/mol. The van der Waals surface area contributed by atoms with E-state index in [1.165, 1.54) is 11.5 Å². The molecule has 72 valence electrons. The molecule has 0 bridgehead atoms. The molecule has 2 N–H and O–H groups in total. The summed E-state index contributed by atoms with van der Waals surface area (Å²) < 4.78 is 9.73. The van der Waals surface area contributed by atoms with Gasteiger partial charge in [-0.25, -0.2) is 4.37 Å². The molecule has 13 heavy (non-hydrogen) atoms. The largest absolute Gasteiger partial charge is 0.373 e. The summed E-state index contributed by atoms with van der Waals surface area (Å²) in [6.45, 7) is 2.92. The van der Waals surface area contributed by atoms with Crippen LogP contribution in [-0.4, -0.2) is 16.6 Å². The van der Waals surface area contributed by atoms with Crippen LogP contribution in [0, 0.1) is 0 Å². The van der Waals surface area contributed by atoms with Gasteiger partial charge >= 0.3 is 0 Å². The second-order valence-electron chi connectivity index (χ2n) is 3.70. The SMILES string of the molecule is CC1(C(N)c2cnsc2)CCCO1. The van der Waals surface area contributed by atoms with Crippen LogP contribution in [0.1, 0.15) is 31.4 Å². The van der Waals surface area contributed by atoms with Gasteiger partial charge in [0.1, 0.15) is 0 Å². The number of rotatable bonds is 2. The van der Waals surface area contributed by atoms with Crippen molar-refractivity contribution in [2.75, 3.05) is 6.61 Å². The Hall–Kier alpha value is -0.450. The first-order chi connectivity index (χ1) is 6.22. The molecule has 0 radical (unpaired) electrons. The maximum absolute atomic E-state index is 6.12. The number of nitrogens with two attached hydrogens (primary N) is 1. The van der Waals surface area contributed by atoms with Crippen molar-refractivity contribution < 1.29 is 4.74 Å². The fraction of sp³-hybridized carbons (Fsp3) is 0.667. The summed E-state index contributed by atoms with van der Waals surface area (Å²) in [5.74, 6) is 0. The Labute approximate surface area is 82.1 Å². The summed E-state index contributed by atoms with van der Waals surface area (Å²) in [6.07, 6.45) is 3.99. The van der Waals surface area contributed by atoms with E-state index in [1.54, 1.807) is 0 Å². The Morgan fingerprint density at radius 3 is 3.15 bits per heavy atom. The van der Waals surface area contributed by atoms with Crippen LogP contribution in [0.3, 0.4) is 0 Å². The molecule has 1 saturated heterocycles. The normalized spacial score (nSPS) is 30.6. The number of nitrogens with zero attached hydrogens (tertiary/aromatic N) is 1. The Kier molecular flexibility index (Phi) is 2.36. The average Bonchev–Trinajstić information content (AvgIpc) is 2.73. The Morgan fingerprint density at radius 1 is 1.77 bits per heavy atom. The first-order valence-electron chi connectivity index (χ1n) is 4.51. The third kappa shape index (κ3) is 1.61. The number of hydrogen-bond donors (Lipinski definition) is 1. The van der Waals surface area contributed by atoms with E-state index in [1.807, 2.05) is 11.6 Å². The Morgan fingerprint density at radius 2 is 2.62 bits per heavy atom. The van der Waals surface area contributed by atoms with Crippen LogP contribution in [-0.2, 0) is 4.74 Å². The summed E-state index contributed by atoms with van der Waals surface area (Å²) in [5, 5.41) is 2.00. The molecule has 1 aliphatic rings. The van der Waals surface area contributed by atoms with E-state index in [0.29, 0.717) is 0 Å². The lowest BCUT2D eigenvalue weighted by atomic mass is 9.90. The lowest BCUT2D eigenvalue weighted by Crippen LogP contribution is -2.37. The van der Waals surface area contributed by atoms with Crippen molar-refractivity contribution >= 4 is 11.5 Å². The average molecular weight is 198 g/mol. The highest BCUT2D eigenvalue weighted by atomic mass is 32.1. The maximum atomic E-state index is 6.12. The van der Waals surface area contributed by atoms with Gasteiger partial charge in [-0.3, -0.25) is 0 Å². The number of ether oxygens (including phenoxy) is 1. The van der Waals surface area contributed by atoms with Crippen LogP contribution in [0.15, 0.2) is 11.6 Å². The molecule has 3 nitrogen and oxygen atoms in total. The molecule has 0 saturated carbocycles. The van der Waals surface area contributed by atoms with Crippen LogP contribution in [0.4, 0.5) is 0 Å². The third-order valence-corrected chi connectivity index (χ3v) is 3.32. The second kappa shape index (κ2) is 3.36. The first kappa shape index (κ1) is 9.12. The van der Waals surface area contributed by atoms with Crippen molar-refractivity contribution in [3.8, 4) is 0 Å². The Balaban J connectivity index is 2.16. The lowest BCUT2D eigenvalue weighted by Gasteiger charge is -2.29. The van der Waals surface area contributed by atoms with E-state index in [4.69, 9.17) is 10.5 Å². The zero-order chi connectivity index (χ0) is 9.31. The van der Waals surface area contributed by atoms with Gasteiger partial charge in [-0.05, 0) is 31.3 Å². The van der Waals surface area contributed by atoms with E-state index in [9.17, 15) is 0 Å². The first-order valence-corrected chi connectivity index (χ1v) is 5.35. The molecule has 4 heteroatoms. The molecule has 1 aromatic heterocycles. The minimum atomic E-state index is -0.178. The van der Waals surface area contributed by atoms with Gasteiger partial charge in [-0.1, -0.05) is 0 Å². The summed E-state index contributed by atoms with van der Waals surface area (Å²) in [5.41, 5.74) is 7.03. The van der Waals surface area contributed by atoms with Crippen molar-refractivity contribution in [2.24, 2.45) is 5.73 Å². The topological polar surface area (TPSA) is 48.1 Å². The molecule has 1 fully saturated rings. The van der Waals surface area contributed by atoms with Crippen LogP contribution in [0.2, 0.25) is 0 Å². The fourth-order valence-electron chi connectivity index (χ4n) is 1.77. The van der Waals surface area contributed by atoms with Gasteiger partial charge in [0, 0.05) is 23.7 Å². The van der Waals surface area contributed by atoms with E-state index >= 15 is 0 Å². The molecular formula is C9H14N2OS. The molecule has 0 spiro atoms. The molecule has 0 aromatic carbocycles. The third-order valence-electron chi connectivity index (χ3n) is 2.72. The van der Waals surface area contributed by atoms with Gasteiger partial charge < -0.3 is 10.5 Å². The van der Waals surface area contributed by atoms with Crippen molar-refractivity contribution in [1.29, 1.82) is 0 Å². The summed E-state index contributed by atoms with van der Waals surface area (Å²) in [7, 11) is 0. The van der Waals surface area contributed by atoms with Gasteiger partial charge in [-0.2, -0.15) is 0 Å². The molecule has 1 aromatic rings. The molecule has 0 amide bonds. The second-order valence-corrected chi connectivity index (χ2v) is 4.36. The van der Waals surface area contributed by atoms with E-state index in [2.05, 4.69) is 11.3 Å². The summed E-state index contributed by atoms with van der Waals surface area (Å²) >= 11 is 1.44. The van der Waals surface area contributed by atoms with Gasteiger partial charge in [0.25, 0.3) is 0 Å². The van der Waals surface area contributed by atoms with Crippen molar-refractivity contribution in [3.63, 3.8) is 0 Å². The predicted molar refractivity (Wildman–Crippen MR) is 52.6 cm³/mol. The highest BCUT2D eigenvalue weighted by molar-refractivity contribution is 7.03. The molecule has 0 aliphatic carbocycles. The zero-order valence-electron chi connectivity index (χ0n) is 7.69. The number of hydrogen-bond acceptors (Lipinski definition) is 4. The van der Waals surface area contributed by atoms with Crippen LogP contribution in [0.5, 0.6) is 0 Å². The molecule has 2 rings (SSSR count). The van der Waals surface area contributed by atoms with Crippen LogP contribution in [0.25, 0.3) is 0 Å². The quantitative estimate of drug-likeness (QED) is 0.787. The standard InChI is InChI=1S/C9H14N2OS/c1-9(3-2-4-12-9)8(10)7-5-11-13-6-7/h5-6,8H,2-4,10H2,1H3. The highest BCUT2D eigenvalue weighted by Crippen LogP contribution is 2.35. The van der Waals surface area contributed by atoms with E-state index < -0.39 is 0 Å². The zero-order valence-corrected chi connectivity index (χ0v) is 8.51.